The van der Waals surface area contributed by atoms with Gasteiger partial charge >= 0.3 is 0 Å². The van der Waals surface area contributed by atoms with E-state index in [1.165, 1.54) is 11.1 Å². The molecule has 0 atom stereocenters. The predicted molar refractivity (Wildman–Crippen MR) is 199 cm³/mol. The Bertz CT molecular complexity index is 1670. The smallest absolute Gasteiger partial charge is 0.134 e. The van der Waals surface area contributed by atoms with E-state index in [1.54, 1.807) is 0 Å². The molecule has 0 bridgehead atoms. The quantitative estimate of drug-likeness (QED) is 0.0916. The topological polar surface area (TPSA) is 91.4 Å². The maximum Gasteiger partial charge on any atom is 0.134 e. The van der Waals surface area contributed by atoms with Crippen molar-refractivity contribution >= 4 is 11.7 Å². The summed E-state index contributed by atoms with van der Waals surface area (Å²) in [7, 11) is 0. The summed E-state index contributed by atoms with van der Waals surface area (Å²) < 4.78 is 6.26. The molecule has 0 amide bonds. The van der Waals surface area contributed by atoms with Crippen molar-refractivity contribution in [2.45, 2.75) is 50.9 Å². The van der Waals surface area contributed by atoms with E-state index < -0.39 is 0 Å². The van der Waals surface area contributed by atoms with Gasteiger partial charge < -0.3 is 15.1 Å². The molecule has 2 fully saturated rings. The van der Waals surface area contributed by atoms with E-state index in [0.29, 0.717) is 23.8 Å². The third-order valence-corrected chi connectivity index (χ3v) is 9.89. The molecule has 2 saturated heterocycles. The van der Waals surface area contributed by atoms with Crippen molar-refractivity contribution in [2.75, 3.05) is 26.2 Å². The molecule has 1 aromatic heterocycles. The number of rotatable bonds is 10. The third-order valence-electron chi connectivity index (χ3n) is 9.89. The van der Waals surface area contributed by atoms with Crippen molar-refractivity contribution in [2.24, 2.45) is 0 Å². The van der Waals surface area contributed by atoms with Gasteiger partial charge in [0, 0.05) is 73.6 Å². The molecule has 0 unspecified atom stereocenters. The lowest BCUT2D eigenvalue weighted by molar-refractivity contribution is 0.199. The molecule has 0 spiro atoms. The predicted octanol–water partition coefficient (Wildman–Crippen LogP) is 7.77. The van der Waals surface area contributed by atoms with Gasteiger partial charge in [0.25, 0.3) is 0 Å². The molecule has 4 N–H and O–H groups in total. The summed E-state index contributed by atoms with van der Waals surface area (Å²) in [6.07, 6.45) is 4.15. The SMILES string of the molecule is N=C(NC1CCN(Cc2ccccc2)CC1)c1ccc(-c2ccc(-c3ccc(C(=N)NC4CCN(Cc5ccccc5)CC4)cc3)o2)cc1. The van der Waals surface area contributed by atoms with Crippen LogP contribution >= 0.6 is 0 Å². The molecule has 0 saturated carbocycles. The van der Waals surface area contributed by atoms with Crippen LogP contribution in [0, 0.1) is 10.8 Å². The summed E-state index contributed by atoms with van der Waals surface area (Å²) in [5.74, 6) is 2.54. The zero-order valence-electron chi connectivity index (χ0n) is 28.1. The van der Waals surface area contributed by atoms with Crippen molar-refractivity contribution in [3.05, 3.63) is 144 Å². The molecule has 7 rings (SSSR count). The van der Waals surface area contributed by atoms with Crippen molar-refractivity contribution in [3.63, 3.8) is 0 Å². The number of benzene rings is 4. The van der Waals surface area contributed by atoms with E-state index in [0.717, 1.165) is 98.7 Å². The number of likely N-dealkylation sites (tertiary alicyclic amines) is 2. The summed E-state index contributed by atoms with van der Waals surface area (Å²) in [6, 6.07) is 42.0. The second-order valence-electron chi connectivity index (χ2n) is 13.4. The second kappa shape index (κ2) is 15.5. The number of nitrogens with one attached hydrogen (secondary N) is 4. The van der Waals surface area contributed by atoms with Crippen molar-refractivity contribution in [1.82, 2.24) is 20.4 Å². The van der Waals surface area contributed by atoms with Gasteiger partial charge in [-0.2, -0.15) is 0 Å². The molecule has 2 aliphatic rings. The Balaban J connectivity index is 0.871. The number of amidine groups is 2. The number of hydrogen-bond donors (Lipinski definition) is 4. The van der Waals surface area contributed by atoms with Gasteiger partial charge in [-0.1, -0.05) is 109 Å². The van der Waals surface area contributed by atoms with E-state index in [9.17, 15) is 0 Å². The number of nitrogens with zero attached hydrogens (tertiary/aromatic N) is 2. The van der Waals surface area contributed by atoms with Crippen LogP contribution in [0.3, 0.4) is 0 Å². The number of piperidine rings is 2. The van der Waals surface area contributed by atoms with E-state index in [1.807, 2.05) is 60.7 Å². The van der Waals surface area contributed by atoms with Gasteiger partial charge in [-0.15, -0.1) is 0 Å². The molecule has 0 aliphatic carbocycles. The summed E-state index contributed by atoms with van der Waals surface area (Å²) in [5.41, 5.74) is 6.44. The largest absolute Gasteiger partial charge is 0.456 e. The van der Waals surface area contributed by atoms with Gasteiger partial charge in [0.15, 0.2) is 0 Å². The summed E-state index contributed by atoms with van der Waals surface area (Å²) in [6.45, 7) is 6.14. The normalized spacial score (nSPS) is 16.3. The van der Waals surface area contributed by atoms with Gasteiger partial charge in [0.1, 0.15) is 23.2 Å². The van der Waals surface area contributed by atoms with E-state index in [4.69, 9.17) is 15.2 Å². The maximum absolute atomic E-state index is 8.68. The first kappa shape index (κ1) is 32.6. The minimum atomic E-state index is 0.320. The Hall–Kier alpha value is -4.98. The summed E-state index contributed by atoms with van der Waals surface area (Å²) >= 11 is 0. The fraction of sp³-hybridized carbons (Fsp3) is 0.286. The Morgan fingerprint density at radius 3 is 1.24 bits per heavy atom. The Morgan fingerprint density at radius 1 is 0.510 bits per heavy atom. The molecule has 0 radical (unpaired) electrons. The van der Waals surface area contributed by atoms with Crippen LogP contribution in [0.5, 0.6) is 0 Å². The first-order valence-electron chi connectivity index (χ1n) is 17.6. The van der Waals surface area contributed by atoms with Crippen molar-refractivity contribution < 1.29 is 4.42 Å². The van der Waals surface area contributed by atoms with Crippen LogP contribution in [0.2, 0.25) is 0 Å². The highest BCUT2D eigenvalue weighted by Gasteiger charge is 2.22. The lowest BCUT2D eigenvalue weighted by Gasteiger charge is -2.33. The summed E-state index contributed by atoms with van der Waals surface area (Å²) in [5, 5.41) is 24.3. The van der Waals surface area contributed by atoms with Crippen LogP contribution in [0.15, 0.2) is 126 Å². The van der Waals surface area contributed by atoms with Gasteiger partial charge in [0.2, 0.25) is 0 Å². The average Bonchev–Trinajstić information content (AvgIpc) is 3.65. The van der Waals surface area contributed by atoms with Crippen LogP contribution in [0.1, 0.15) is 47.9 Å². The third kappa shape index (κ3) is 8.55. The Labute approximate surface area is 290 Å². The molecule has 49 heavy (non-hydrogen) atoms. The fourth-order valence-electron chi connectivity index (χ4n) is 6.98. The molecular weight excluding hydrogens is 605 g/mol. The van der Waals surface area contributed by atoms with Crippen LogP contribution in [0.4, 0.5) is 0 Å². The molecule has 250 valence electrons. The van der Waals surface area contributed by atoms with Gasteiger partial charge in [-0.05, 0) is 48.9 Å². The zero-order valence-corrected chi connectivity index (χ0v) is 28.1. The van der Waals surface area contributed by atoms with Gasteiger partial charge in [-0.3, -0.25) is 20.6 Å². The second-order valence-corrected chi connectivity index (χ2v) is 13.4. The standard InChI is InChI=1S/C42H46N6O/c43-41(45-37-21-25-47(26-22-37)29-31-7-3-1-4-8-31)35-15-11-33(12-16-35)39-19-20-40(49-39)34-13-17-36(18-14-34)42(44)46-38-23-27-48(28-24-38)30-32-9-5-2-6-10-32/h1-20,37-38H,21-30H2,(H2,43,45)(H2,44,46). The molecule has 7 heteroatoms. The molecule has 3 heterocycles. The average molecular weight is 651 g/mol. The van der Waals surface area contributed by atoms with Crippen molar-refractivity contribution in [1.29, 1.82) is 10.8 Å². The van der Waals surface area contributed by atoms with Gasteiger partial charge in [-0.25, -0.2) is 0 Å². The zero-order chi connectivity index (χ0) is 33.4. The molecule has 4 aromatic carbocycles. The fourth-order valence-corrected chi connectivity index (χ4v) is 6.98. The van der Waals surface area contributed by atoms with Gasteiger partial charge in [0.05, 0.1) is 0 Å². The van der Waals surface area contributed by atoms with Crippen molar-refractivity contribution in [3.8, 4) is 22.6 Å². The first-order chi connectivity index (χ1) is 24.1. The lowest BCUT2D eigenvalue weighted by atomic mass is 10.0. The Morgan fingerprint density at radius 2 is 0.878 bits per heavy atom. The molecule has 5 aromatic rings. The minimum Gasteiger partial charge on any atom is -0.456 e. The minimum absolute atomic E-state index is 0.320. The maximum atomic E-state index is 8.68. The van der Waals surface area contributed by atoms with E-state index in [2.05, 4.69) is 81.1 Å². The molecular formula is C42H46N6O. The highest BCUT2D eigenvalue weighted by atomic mass is 16.3. The Kier molecular flexibility index (Phi) is 10.3. The van der Waals surface area contributed by atoms with Crippen LogP contribution < -0.4 is 10.6 Å². The monoisotopic (exact) mass is 650 g/mol. The van der Waals surface area contributed by atoms with E-state index >= 15 is 0 Å². The highest BCUT2D eigenvalue weighted by Crippen LogP contribution is 2.29. The van der Waals surface area contributed by atoms with Crippen LogP contribution in [0.25, 0.3) is 22.6 Å². The molecule has 2 aliphatic heterocycles. The first-order valence-corrected chi connectivity index (χ1v) is 17.6. The highest BCUT2D eigenvalue weighted by molar-refractivity contribution is 5.97. The lowest BCUT2D eigenvalue weighted by Crippen LogP contribution is -2.44. The van der Waals surface area contributed by atoms with Crippen LogP contribution in [-0.2, 0) is 13.1 Å². The summed E-state index contributed by atoms with van der Waals surface area (Å²) in [4.78, 5) is 5.00. The molecule has 7 nitrogen and oxygen atoms in total. The van der Waals surface area contributed by atoms with E-state index in [-0.39, 0.29) is 0 Å². The number of hydrogen-bond acceptors (Lipinski definition) is 5. The number of furan rings is 1. The van der Waals surface area contributed by atoms with Crippen LogP contribution in [-0.4, -0.2) is 59.7 Å².